The molecule has 0 fully saturated rings. The second-order valence-corrected chi connectivity index (χ2v) is 2.38. The van der Waals surface area contributed by atoms with E-state index in [1.807, 2.05) is 19.9 Å². The third-order valence-corrected chi connectivity index (χ3v) is 1.56. The van der Waals surface area contributed by atoms with Crippen LogP contribution in [0.2, 0.25) is 0 Å². The zero-order chi connectivity index (χ0) is 10.1. The molecular weight excluding hydrogens is 164 g/mol. The zero-order valence-corrected chi connectivity index (χ0v) is 8.58. The van der Waals surface area contributed by atoms with Crippen molar-refractivity contribution >= 4 is 5.90 Å². The van der Waals surface area contributed by atoms with Gasteiger partial charge in [0.1, 0.15) is 0 Å². The lowest BCUT2D eigenvalue weighted by Gasteiger charge is -2.07. The fourth-order valence-corrected chi connectivity index (χ4v) is 0.939. The van der Waals surface area contributed by atoms with Crippen LogP contribution in [0.1, 0.15) is 27.2 Å². The lowest BCUT2D eigenvalue weighted by Crippen LogP contribution is -2.07. The number of aliphatic imine (C=N–C) groups is 1. The van der Waals surface area contributed by atoms with Crippen molar-refractivity contribution in [2.45, 2.75) is 27.2 Å². The van der Waals surface area contributed by atoms with Gasteiger partial charge in [0.2, 0.25) is 5.90 Å². The van der Waals surface area contributed by atoms with E-state index in [-0.39, 0.29) is 0 Å². The van der Waals surface area contributed by atoms with Crippen LogP contribution in [0.3, 0.4) is 0 Å². The van der Waals surface area contributed by atoms with Crippen molar-refractivity contribution in [3.63, 3.8) is 0 Å². The van der Waals surface area contributed by atoms with Crippen molar-refractivity contribution in [3.8, 4) is 0 Å². The molecule has 0 amide bonds. The quantitative estimate of drug-likeness (QED) is 0.535. The van der Waals surface area contributed by atoms with Crippen LogP contribution in [0.15, 0.2) is 29.0 Å². The molecule has 13 heavy (non-hydrogen) atoms. The van der Waals surface area contributed by atoms with Gasteiger partial charge in [0, 0.05) is 18.0 Å². The number of hydrogen-bond donors (Lipinski definition) is 1. The summed E-state index contributed by atoms with van der Waals surface area (Å²) in [5.41, 5.74) is 6.29. The van der Waals surface area contributed by atoms with Crippen molar-refractivity contribution in [1.82, 2.24) is 0 Å². The van der Waals surface area contributed by atoms with Crippen LogP contribution < -0.4 is 5.73 Å². The molecule has 3 heteroatoms. The van der Waals surface area contributed by atoms with Gasteiger partial charge in [-0.1, -0.05) is 13.0 Å². The summed E-state index contributed by atoms with van der Waals surface area (Å²) in [5.74, 6) is 0.661. The molecule has 0 bridgehead atoms. The standard InChI is InChI=1S/C10H18N2O/c1-4-9(5-2)10(13-6-3)12-8-7-11/h4,7-8H,5-6,11H2,1-3H3/b8-7-,9-4-,12-10+. The Labute approximate surface area is 80.0 Å². The Morgan fingerprint density at radius 1 is 1.46 bits per heavy atom. The largest absolute Gasteiger partial charge is 0.478 e. The smallest absolute Gasteiger partial charge is 0.216 e. The fraction of sp³-hybridized carbons (Fsp3) is 0.500. The predicted molar refractivity (Wildman–Crippen MR) is 56.4 cm³/mol. The Morgan fingerprint density at radius 2 is 2.15 bits per heavy atom. The van der Waals surface area contributed by atoms with E-state index in [1.165, 1.54) is 12.4 Å². The van der Waals surface area contributed by atoms with E-state index in [4.69, 9.17) is 10.5 Å². The molecule has 0 spiro atoms. The van der Waals surface area contributed by atoms with Crippen molar-refractivity contribution in [2.24, 2.45) is 10.7 Å². The lowest BCUT2D eigenvalue weighted by molar-refractivity contribution is 0.327. The van der Waals surface area contributed by atoms with Gasteiger partial charge in [0.25, 0.3) is 0 Å². The molecule has 0 unspecified atom stereocenters. The van der Waals surface area contributed by atoms with Crippen LogP contribution >= 0.6 is 0 Å². The van der Waals surface area contributed by atoms with Crippen LogP contribution in [-0.2, 0) is 4.74 Å². The molecule has 0 aromatic carbocycles. The molecule has 0 aromatic rings. The minimum absolute atomic E-state index is 0.620. The van der Waals surface area contributed by atoms with Gasteiger partial charge in [0.15, 0.2) is 0 Å². The van der Waals surface area contributed by atoms with Crippen LogP contribution in [0.5, 0.6) is 0 Å². The van der Waals surface area contributed by atoms with Gasteiger partial charge in [0.05, 0.1) is 6.61 Å². The van der Waals surface area contributed by atoms with Crippen molar-refractivity contribution in [1.29, 1.82) is 0 Å². The summed E-state index contributed by atoms with van der Waals surface area (Å²) in [7, 11) is 0. The summed E-state index contributed by atoms with van der Waals surface area (Å²) in [6, 6.07) is 0. The maximum absolute atomic E-state index is 5.36. The average Bonchev–Trinajstić information content (AvgIpc) is 2.16. The Morgan fingerprint density at radius 3 is 2.54 bits per heavy atom. The molecule has 0 rings (SSSR count). The monoisotopic (exact) mass is 182 g/mol. The number of nitrogens with zero attached hydrogens (tertiary/aromatic N) is 1. The van der Waals surface area contributed by atoms with E-state index in [2.05, 4.69) is 11.9 Å². The summed E-state index contributed by atoms with van der Waals surface area (Å²) < 4.78 is 5.36. The summed E-state index contributed by atoms with van der Waals surface area (Å²) in [5, 5.41) is 0. The second kappa shape index (κ2) is 7.40. The molecule has 0 aliphatic carbocycles. The highest BCUT2D eigenvalue weighted by molar-refractivity contribution is 5.93. The van der Waals surface area contributed by atoms with Crippen LogP contribution in [0.4, 0.5) is 0 Å². The highest BCUT2D eigenvalue weighted by Gasteiger charge is 2.02. The van der Waals surface area contributed by atoms with Crippen molar-refractivity contribution in [2.75, 3.05) is 6.61 Å². The highest BCUT2D eigenvalue weighted by Crippen LogP contribution is 2.05. The van der Waals surface area contributed by atoms with Gasteiger partial charge in [-0.3, -0.25) is 0 Å². The fourth-order valence-electron chi connectivity index (χ4n) is 0.939. The number of ether oxygens (including phenoxy) is 1. The van der Waals surface area contributed by atoms with Gasteiger partial charge in [-0.25, -0.2) is 4.99 Å². The molecule has 0 saturated carbocycles. The number of rotatable bonds is 4. The maximum atomic E-state index is 5.36. The maximum Gasteiger partial charge on any atom is 0.216 e. The first-order chi connectivity index (χ1) is 6.29. The van der Waals surface area contributed by atoms with Gasteiger partial charge < -0.3 is 10.5 Å². The molecule has 0 radical (unpaired) electrons. The van der Waals surface area contributed by atoms with E-state index in [9.17, 15) is 0 Å². The Balaban J connectivity index is 4.57. The molecule has 74 valence electrons. The van der Waals surface area contributed by atoms with Gasteiger partial charge in [-0.05, 0) is 20.3 Å². The molecule has 0 aromatic heterocycles. The SMILES string of the molecule is C\C=C(CC)/C(=N\C=C/N)OCC. The van der Waals surface area contributed by atoms with E-state index >= 15 is 0 Å². The molecule has 0 heterocycles. The first-order valence-electron chi connectivity index (χ1n) is 4.53. The first-order valence-corrected chi connectivity index (χ1v) is 4.53. The molecule has 0 atom stereocenters. The van der Waals surface area contributed by atoms with Crippen molar-refractivity contribution in [3.05, 3.63) is 24.0 Å². The summed E-state index contributed by atoms with van der Waals surface area (Å²) in [4.78, 5) is 4.09. The summed E-state index contributed by atoms with van der Waals surface area (Å²) in [6.07, 6.45) is 5.83. The van der Waals surface area contributed by atoms with Gasteiger partial charge >= 0.3 is 0 Å². The normalized spacial score (nSPS) is 13.8. The zero-order valence-electron chi connectivity index (χ0n) is 8.58. The van der Waals surface area contributed by atoms with Crippen LogP contribution in [-0.4, -0.2) is 12.5 Å². The minimum atomic E-state index is 0.620. The Kier molecular flexibility index (Phi) is 6.69. The third kappa shape index (κ3) is 4.35. The highest BCUT2D eigenvalue weighted by atomic mass is 16.5. The number of hydrogen-bond acceptors (Lipinski definition) is 3. The van der Waals surface area contributed by atoms with E-state index in [1.54, 1.807) is 0 Å². The number of nitrogens with two attached hydrogens (primary N) is 1. The summed E-state index contributed by atoms with van der Waals surface area (Å²) >= 11 is 0. The van der Waals surface area contributed by atoms with E-state index in [0.29, 0.717) is 12.5 Å². The van der Waals surface area contributed by atoms with Crippen LogP contribution in [0, 0.1) is 0 Å². The Hall–Kier alpha value is -1.25. The van der Waals surface area contributed by atoms with E-state index < -0.39 is 0 Å². The minimum Gasteiger partial charge on any atom is -0.478 e. The first kappa shape index (κ1) is 11.8. The Bertz CT molecular complexity index is 217. The molecule has 0 aliphatic rings. The molecule has 3 nitrogen and oxygen atoms in total. The molecule has 0 aliphatic heterocycles. The topological polar surface area (TPSA) is 47.6 Å². The number of allylic oxidation sites excluding steroid dienone is 1. The van der Waals surface area contributed by atoms with Gasteiger partial charge in [-0.15, -0.1) is 0 Å². The molecule has 0 saturated heterocycles. The molecular formula is C10H18N2O. The lowest BCUT2D eigenvalue weighted by atomic mass is 10.2. The predicted octanol–water partition coefficient (Wildman–Crippen LogP) is 2.21. The average molecular weight is 182 g/mol. The third-order valence-electron chi connectivity index (χ3n) is 1.56. The summed E-state index contributed by atoms with van der Waals surface area (Å²) in [6.45, 7) is 6.59. The molecule has 2 N–H and O–H groups in total. The van der Waals surface area contributed by atoms with Crippen LogP contribution in [0.25, 0.3) is 0 Å². The second-order valence-electron chi connectivity index (χ2n) is 2.38. The van der Waals surface area contributed by atoms with Crippen molar-refractivity contribution < 1.29 is 4.74 Å². The van der Waals surface area contributed by atoms with E-state index in [0.717, 1.165) is 12.0 Å². The van der Waals surface area contributed by atoms with Gasteiger partial charge in [-0.2, -0.15) is 0 Å².